The molecular formula is C17H20N4O8. The van der Waals surface area contributed by atoms with Gasteiger partial charge in [0.1, 0.15) is 11.6 Å². The first-order chi connectivity index (χ1) is 13.6. The largest absolute Gasteiger partial charge is 0.463 e. The Morgan fingerprint density at radius 2 is 2.00 bits per heavy atom. The Hall–Kier alpha value is -3.57. The van der Waals surface area contributed by atoms with Crippen LogP contribution in [-0.2, 0) is 14.3 Å². The molecule has 2 amide bonds. The number of hydrogen-bond acceptors (Lipinski definition) is 8. The lowest BCUT2D eigenvalue weighted by Gasteiger charge is -2.34. The predicted octanol–water partition coefficient (Wildman–Crippen LogP) is 1.18. The van der Waals surface area contributed by atoms with Gasteiger partial charge in [-0.1, -0.05) is 6.92 Å². The fourth-order valence-electron chi connectivity index (χ4n) is 2.79. The topological polar surface area (TPSA) is 162 Å². The quantitative estimate of drug-likeness (QED) is 0.399. The summed E-state index contributed by atoms with van der Waals surface area (Å²) < 4.78 is 5.15. The van der Waals surface area contributed by atoms with Gasteiger partial charge in [0.2, 0.25) is 5.91 Å². The molecule has 0 aromatic heterocycles. The molecule has 1 aliphatic heterocycles. The van der Waals surface area contributed by atoms with Crippen molar-refractivity contribution in [2.45, 2.75) is 38.8 Å². The van der Waals surface area contributed by atoms with E-state index in [2.05, 4.69) is 5.32 Å². The van der Waals surface area contributed by atoms with E-state index in [-0.39, 0.29) is 19.2 Å². The summed E-state index contributed by atoms with van der Waals surface area (Å²) in [5, 5.41) is 24.7. The molecule has 1 aromatic rings. The van der Waals surface area contributed by atoms with Gasteiger partial charge < -0.3 is 15.0 Å². The number of carbonyl (C=O) groups is 3. The second kappa shape index (κ2) is 9.08. The SMILES string of the molecule is CCC(C)OC(=O)CC1C(=O)NCCN1C(=O)c1ccc([N+](=O)[O-])cc1[N+](=O)[O-]. The summed E-state index contributed by atoms with van der Waals surface area (Å²) in [7, 11) is 0. The number of hydrogen-bond donors (Lipinski definition) is 1. The molecule has 1 saturated heterocycles. The van der Waals surface area contributed by atoms with Gasteiger partial charge >= 0.3 is 5.97 Å². The van der Waals surface area contributed by atoms with Gasteiger partial charge in [0.15, 0.2) is 0 Å². The van der Waals surface area contributed by atoms with Crippen molar-refractivity contribution in [2.75, 3.05) is 13.1 Å². The molecule has 1 aliphatic rings. The molecule has 2 rings (SSSR count). The molecule has 29 heavy (non-hydrogen) atoms. The first-order valence-corrected chi connectivity index (χ1v) is 8.86. The van der Waals surface area contributed by atoms with E-state index in [9.17, 15) is 34.6 Å². The molecule has 0 radical (unpaired) electrons. The molecule has 12 heteroatoms. The number of esters is 1. The first-order valence-electron chi connectivity index (χ1n) is 8.86. The van der Waals surface area contributed by atoms with Crippen molar-refractivity contribution in [3.05, 3.63) is 44.0 Å². The number of nitrogens with zero attached hydrogens (tertiary/aromatic N) is 3. The maximum atomic E-state index is 12.9. The molecule has 2 atom stereocenters. The van der Waals surface area contributed by atoms with E-state index < -0.39 is 57.0 Å². The van der Waals surface area contributed by atoms with Gasteiger partial charge in [-0.3, -0.25) is 34.6 Å². The Labute approximate surface area is 165 Å². The third-order valence-corrected chi connectivity index (χ3v) is 4.48. The molecular weight excluding hydrogens is 388 g/mol. The van der Waals surface area contributed by atoms with Crippen LogP contribution in [0.4, 0.5) is 11.4 Å². The molecule has 156 valence electrons. The normalized spacial score (nSPS) is 17.2. The van der Waals surface area contributed by atoms with Crippen LogP contribution in [-0.4, -0.2) is 57.8 Å². The van der Waals surface area contributed by atoms with Gasteiger partial charge in [-0.2, -0.15) is 0 Å². The number of ether oxygens (including phenoxy) is 1. The highest BCUT2D eigenvalue weighted by Gasteiger charge is 2.38. The number of amides is 2. The monoisotopic (exact) mass is 408 g/mol. The summed E-state index contributed by atoms with van der Waals surface area (Å²) >= 11 is 0. The van der Waals surface area contributed by atoms with Gasteiger partial charge in [0, 0.05) is 19.2 Å². The highest BCUT2D eigenvalue weighted by molar-refractivity contribution is 6.02. The second-order valence-electron chi connectivity index (χ2n) is 6.43. The van der Waals surface area contributed by atoms with E-state index in [1.165, 1.54) is 0 Å². The van der Waals surface area contributed by atoms with Crippen molar-refractivity contribution >= 4 is 29.2 Å². The number of non-ortho nitro benzene ring substituents is 1. The Kier molecular flexibility index (Phi) is 6.80. The molecule has 0 bridgehead atoms. The fourth-order valence-corrected chi connectivity index (χ4v) is 2.79. The van der Waals surface area contributed by atoms with E-state index in [1.54, 1.807) is 6.92 Å². The van der Waals surface area contributed by atoms with Crippen LogP contribution in [0.15, 0.2) is 18.2 Å². The number of benzene rings is 1. The van der Waals surface area contributed by atoms with Crippen molar-refractivity contribution in [1.82, 2.24) is 10.2 Å². The molecule has 1 N–H and O–H groups in total. The van der Waals surface area contributed by atoms with Crippen LogP contribution >= 0.6 is 0 Å². The van der Waals surface area contributed by atoms with E-state index in [4.69, 9.17) is 4.74 Å². The smallest absolute Gasteiger partial charge is 0.308 e. The third kappa shape index (κ3) is 5.03. The molecule has 0 saturated carbocycles. The van der Waals surface area contributed by atoms with Gasteiger partial charge in [-0.05, 0) is 19.4 Å². The highest BCUT2D eigenvalue weighted by Crippen LogP contribution is 2.27. The zero-order chi connectivity index (χ0) is 21.7. The van der Waals surface area contributed by atoms with Crippen molar-refractivity contribution in [3.8, 4) is 0 Å². The number of nitrogens with one attached hydrogen (secondary N) is 1. The Morgan fingerprint density at radius 3 is 2.59 bits per heavy atom. The first kappa shape index (κ1) is 21.7. The summed E-state index contributed by atoms with van der Waals surface area (Å²) in [6, 6.07) is 1.42. The zero-order valence-electron chi connectivity index (χ0n) is 15.8. The third-order valence-electron chi connectivity index (χ3n) is 4.48. The summed E-state index contributed by atoms with van der Waals surface area (Å²) in [6.07, 6.45) is -0.211. The van der Waals surface area contributed by atoms with Gasteiger partial charge in [0.05, 0.1) is 28.4 Å². The lowest BCUT2D eigenvalue weighted by Crippen LogP contribution is -2.58. The van der Waals surface area contributed by atoms with E-state index >= 15 is 0 Å². The number of rotatable bonds is 7. The van der Waals surface area contributed by atoms with E-state index in [0.29, 0.717) is 12.5 Å². The Balaban J connectivity index is 2.33. The minimum atomic E-state index is -1.21. The van der Waals surface area contributed by atoms with Crippen LogP contribution < -0.4 is 5.32 Å². The second-order valence-corrected chi connectivity index (χ2v) is 6.43. The number of nitro groups is 2. The summed E-state index contributed by atoms with van der Waals surface area (Å²) in [4.78, 5) is 58.8. The van der Waals surface area contributed by atoms with Crippen molar-refractivity contribution in [3.63, 3.8) is 0 Å². The zero-order valence-corrected chi connectivity index (χ0v) is 15.8. The van der Waals surface area contributed by atoms with E-state index in [1.807, 2.05) is 6.92 Å². The average Bonchev–Trinajstić information content (AvgIpc) is 2.68. The lowest BCUT2D eigenvalue weighted by molar-refractivity contribution is -0.394. The summed E-state index contributed by atoms with van der Waals surface area (Å²) in [6.45, 7) is 3.61. The van der Waals surface area contributed by atoms with Gasteiger partial charge in [-0.15, -0.1) is 0 Å². The standard InChI is InChI=1S/C17H20N4O8/c1-3-10(2)29-15(22)9-14-16(23)18-6-7-19(14)17(24)12-5-4-11(20(25)26)8-13(12)21(27)28/h4-5,8,10,14H,3,6-7,9H2,1-2H3,(H,18,23). The highest BCUT2D eigenvalue weighted by atomic mass is 16.6. The minimum Gasteiger partial charge on any atom is -0.463 e. The maximum Gasteiger partial charge on any atom is 0.308 e. The summed E-state index contributed by atoms with van der Waals surface area (Å²) in [5.41, 5.74) is -1.70. The van der Waals surface area contributed by atoms with Gasteiger partial charge in [-0.25, -0.2) is 0 Å². The van der Waals surface area contributed by atoms with Crippen LogP contribution in [0.25, 0.3) is 0 Å². The average molecular weight is 408 g/mol. The van der Waals surface area contributed by atoms with Crippen LogP contribution in [0.3, 0.4) is 0 Å². The van der Waals surface area contributed by atoms with Crippen molar-refractivity contribution < 1.29 is 29.0 Å². The van der Waals surface area contributed by atoms with E-state index in [0.717, 1.165) is 17.0 Å². The predicted molar refractivity (Wildman–Crippen MR) is 98.0 cm³/mol. The van der Waals surface area contributed by atoms with Crippen LogP contribution in [0.1, 0.15) is 37.0 Å². The molecule has 1 heterocycles. The number of carbonyl (C=O) groups excluding carboxylic acids is 3. The number of nitro benzene ring substituents is 2. The molecule has 1 aromatic carbocycles. The molecule has 2 unspecified atom stereocenters. The minimum absolute atomic E-state index is 0.0139. The van der Waals surface area contributed by atoms with Crippen LogP contribution in [0.5, 0.6) is 0 Å². The molecule has 1 fully saturated rings. The van der Waals surface area contributed by atoms with Gasteiger partial charge in [0.25, 0.3) is 17.3 Å². The fraction of sp³-hybridized carbons (Fsp3) is 0.471. The lowest BCUT2D eigenvalue weighted by atomic mass is 10.0. The van der Waals surface area contributed by atoms with Crippen LogP contribution in [0, 0.1) is 20.2 Å². The maximum absolute atomic E-state index is 12.9. The van der Waals surface area contributed by atoms with Crippen molar-refractivity contribution in [1.29, 1.82) is 0 Å². The summed E-state index contributed by atoms with van der Waals surface area (Å²) in [5.74, 6) is -2.14. The molecule has 12 nitrogen and oxygen atoms in total. The molecule has 0 aliphatic carbocycles. The Morgan fingerprint density at radius 1 is 1.31 bits per heavy atom. The van der Waals surface area contributed by atoms with Crippen LogP contribution in [0.2, 0.25) is 0 Å². The van der Waals surface area contributed by atoms with Crippen molar-refractivity contribution in [2.24, 2.45) is 0 Å². The number of piperazine rings is 1. The Bertz CT molecular complexity index is 856. The molecule has 0 spiro atoms.